The first-order chi connectivity index (χ1) is 9.65. The zero-order valence-corrected chi connectivity index (χ0v) is 13.7. The second-order valence-electron chi connectivity index (χ2n) is 6.16. The molecule has 1 saturated heterocycles. The quantitative estimate of drug-likeness (QED) is 0.691. The van der Waals surface area contributed by atoms with Crippen LogP contribution in [-0.4, -0.2) is 48.5 Å². The molecule has 0 bridgehead atoms. The third-order valence-corrected chi connectivity index (χ3v) is 4.39. The van der Waals surface area contributed by atoms with Crippen molar-refractivity contribution >= 4 is 18.3 Å². The van der Waals surface area contributed by atoms with Gasteiger partial charge in [0.25, 0.3) is 0 Å². The Balaban J connectivity index is 0.00000220. The van der Waals surface area contributed by atoms with E-state index in [0.717, 1.165) is 25.9 Å². The average Bonchev–Trinajstić information content (AvgIpc) is 2.90. The first-order valence-corrected chi connectivity index (χ1v) is 7.98. The summed E-state index contributed by atoms with van der Waals surface area (Å²) in [4.78, 5) is 12.1. The largest absolute Gasteiger partial charge is 0.392 e. The van der Waals surface area contributed by atoms with E-state index >= 15 is 0 Å². The van der Waals surface area contributed by atoms with Gasteiger partial charge in [-0.1, -0.05) is 26.2 Å². The van der Waals surface area contributed by atoms with Gasteiger partial charge in [0.15, 0.2) is 0 Å². The van der Waals surface area contributed by atoms with Gasteiger partial charge in [0.2, 0.25) is 5.91 Å². The maximum atomic E-state index is 12.1. The summed E-state index contributed by atoms with van der Waals surface area (Å²) < 4.78 is 6.07. The van der Waals surface area contributed by atoms with E-state index in [2.05, 4.69) is 17.6 Å². The van der Waals surface area contributed by atoms with Crippen molar-refractivity contribution in [3.63, 3.8) is 0 Å². The van der Waals surface area contributed by atoms with E-state index in [1.54, 1.807) is 0 Å². The molecule has 0 aromatic rings. The number of carbonyl (C=O) groups is 1. The number of aliphatic hydroxyl groups excluding tert-OH is 1. The summed E-state index contributed by atoms with van der Waals surface area (Å²) in [6.45, 7) is 3.98. The highest BCUT2D eigenvalue weighted by atomic mass is 35.5. The lowest BCUT2D eigenvalue weighted by atomic mass is 9.84. The fraction of sp³-hybridized carbons (Fsp3) is 0.933. The minimum absolute atomic E-state index is 0. The molecule has 2 rings (SSSR count). The number of ether oxygens (including phenoxy) is 1. The van der Waals surface area contributed by atoms with E-state index in [0.29, 0.717) is 19.5 Å². The van der Waals surface area contributed by atoms with Gasteiger partial charge in [-0.05, 0) is 25.7 Å². The van der Waals surface area contributed by atoms with Crippen molar-refractivity contribution in [1.29, 1.82) is 0 Å². The second-order valence-corrected chi connectivity index (χ2v) is 6.16. The summed E-state index contributed by atoms with van der Waals surface area (Å²) in [5, 5.41) is 15.5. The first kappa shape index (κ1) is 18.7. The molecule has 2 fully saturated rings. The number of amides is 1. The molecule has 21 heavy (non-hydrogen) atoms. The highest BCUT2D eigenvalue weighted by Crippen LogP contribution is 2.31. The Morgan fingerprint density at radius 2 is 2.10 bits per heavy atom. The van der Waals surface area contributed by atoms with Crippen molar-refractivity contribution in [3.8, 4) is 0 Å². The molecule has 0 radical (unpaired) electrons. The lowest BCUT2D eigenvalue weighted by Crippen LogP contribution is -2.50. The smallest absolute Gasteiger partial charge is 0.237 e. The van der Waals surface area contributed by atoms with Crippen LogP contribution in [0.2, 0.25) is 0 Å². The minimum atomic E-state index is -0.397. The summed E-state index contributed by atoms with van der Waals surface area (Å²) >= 11 is 0. The Kier molecular flexibility index (Phi) is 7.95. The number of carbonyl (C=O) groups excluding carboxylic acids is 1. The maximum absolute atomic E-state index is 12.1. The van der Waals surface area contributed by atoms with Crippen molar-refractivity contribution in [3.05, 3.63) is 0 Å². The van der Waals surface area contributed by atoms with E-state index in [9.17, 15) is 9.90 Å². The van der Waals surface area contributed by atoms with Crippen LogP contribution in [0.1, 0.15) is 51.9 Å². The third kappa shape index (κ3) is 5.40. The van der Waals surface area contributed by atoms with Crippen molar-refractivity contribution in [2.45, 2.75) is 69.6 Å². The first-order valence-electron chi connectivity index (χ1n) is 7.98. The summed E-state index contributed by atoms with van der Waals surface area (Å²) in [5.41, 5.74) is -0.166. The van der Waals surface area contributed by atoms with Gasteiger partial charge < -0.3 is 20.5 Å². The predicted molar refractivity (Wildman–Crippen MR) is 84.7 cm³/mol. The van der Waals surface area contributed by atoms with Crippen LogP contribution in [0.25, 0.3) is 0 Å². The summed E-state index contributed by atoms with van der Waals surface area (Å²) in [5.74, 6) is -0.00778. The van der Waals surface area contributed by atoms with Gasteiger partial charge in [0.1, 0.15) is 0 Å². The van der Waals surface area contributed by atoms with Crippen molar-refractivity contribution in [2.24, 2.45) is 0 Å². The second kappa shape index (κ2) is 8.93. The molecule has 2 unspecified atom stereocenters. The Hall–Kier alpha value is -0.360. The normalized spacial score (nSPS) is 27.9. The standard InChI is InChI=1S/C15H28N2O3.ClH/c1-2-8-20-15(6-4-3-5-7-15)11-17-14(19)13-9-12(18)10-16-13;/h12-13,16,18H,2-11H2,1H3,(H,17,19);1H. The van der Waals surface area contributed by atoms with Crippen LogP contribution in [-0.2, 0) is 9.53 Å². The van der Waals surface area contributed by atoms with Crippen molar-refractivity contribution in [1.82, 2.24) is 10.6 Å². The molecule has 1 aliphatic carbocycles. The predicted octanol–water partition coefficient (Wildman–Crippen LogP) is 1.38. The van der Waals surface area contributed by atoms with Crippen LogP contribution in [0, 0.1) is 0 Å². The minimum Gasteiger partial charge on any atom is -0.392 e. The molecule has 2 atom stereocenters. The Morgan fingerprint density at radius 1 is 1.38 bits per heavy atom. The van der Waals surface area contributed by atoms with Crippen molar-refractivity contribution in [2.75, 3.05) is 19.7 Å². The number of nitrogens with one attached hydrogen (secondary N) is 2. The Morgan fingerprint density at radius 3 is 2.67 bits per heavy atom. The number of hydrogen-bond donors (Lipinski definition) is 3. The molecule has 0 aromatic heterocycles. The lowest BCUT2D eigenvalue weighted by molar-refractivity contribution is -0.126. The van der Waals surface area contributed by atoms with Gasteiger partial charge in [-0.2, -0.15) is 0 Å². The Labute approximate surface area is 133 Å². The SMILES string of the molecule is CCCOC1(CNC(=O)C2CC(O)CN2)CCCCC1.Cl. The van der Waals surface area contributed by atoms with E-state index in [1.807, 2.05) is 0 Å². The molecule has 6 heteroatoms. The van der Waals surface area contributed by atoms with Gasteiger partial charge in [0, 0.05) is 19.7 Å². The molecule has 5 nitrogen and oxygen atoms in total. The van der Waals surface area contributed by atoms with Crippen LogP contribution < -0.4 is 10.6 Å². The highest BCUT2D eigenvalue weighted by molar-refractivity contribution is 5.85. The third-order valence-electron chi connectivity index (χ3n) is 4.39. The number of aliphatic hydroxyl groups is 1. The zero-order chi connectivity index (χ0) is 14.4. The average molecular weight is 321 g/mol. The number of rotatable bonds is 6. The fourth-order valence-corrected chi connectivity index (χ4v) is 3.18. The van der Waals surface area contributed by atoms with Crippen LogP contribution >= 0.6 is 12.4 Å². The summed E-state index contributed by atoms with van der Waals surface area (Å²) in [7, 11) is 0. The molecule has 124 valence electrons. The van der Waals surface area contributed by atoms with Gasteiger partial charge in [0.05, 0.1) is 17.7 Å². The monoisotopic (exact) mass is 320 g/mol. The van der Waals surface area contributed by atoms with Crippen LogP contribution in [0.15, 0.2) is 0 Å². The number of β-amino-alcohol motifs (C(OH)–C–C–N with tert-alkyl or cyclic N) is 1. The summed E-state index contributed by atoms with van der Waals surface area (Å²) in [6, 6.07) is -0.253. The molecular weight excluding hydrogens is 292 g/mol. The van der Waals surface area contributed by atoms with Gasteiger partial charge >= 0.3 is 0 Å². The topological polar surface area (TPSA) is 70.6 Å². The highest BCUT2D eigenvalue weighted by Gasteiger charge is 2.35. The van der Waals surface area contributed by atoms with E-state index < -0.39 is 6.10 Å². The summed E-state index contributed by atoms with van der Waals surface area (Å²) in [6.07, 6.45) is 6.82. The molecule has 2 aliphatic rings. The van der Waals surface area contributed by atoms with Crippen LogP contribution in [0.3, 0.4) is 0 Å². The van der Waals surface area contributed by atoms with Crippen molar-refractivity contribution < 1.29 is 14.6 Å². The molecule has 1 amide bonds. The van der Waals surface area contributed by atoms with E-state index in [-0.39, 0.29) is 30.0 Å². The molecule has 0 spiro atoms. The van der Waals surface area contributed by atoms with Crippen LogP contribution in [0.5, 0.6) is 0 Å². The van der Waals surface area contributed by atoms with E-state index in [1.165, 1.54) is 19.3 Å². The molecule has 0 aromatic carbocycles. The van der Waals surface area contributed by atoms with E-state index in [4.69, 9.17) is 4.74 Å². The molecule has 1 heterocycles. The van der Waals surface area contributed by atoms with Gasteiger partial charge in [-0.25, -0.2) is 0 Å². The lowest BCUT2D eigenvalue weighted by Gasteiger charge is -2.37. The maximum Gasteiger partial charge on any atom is 0.237 e. The van der Waals surface area contributed by atoms with Gasteiger partial charge in [-0.15, -0.1) is 12.4 Å². The molecule has 3 N–H and O–H groups in total. The number of halogens is 1. The molecular formula is C15H29ClN2O3. The zero-order valence-electron chi connectivity index (χ0n) is 12.9. The fourth-order valence-electron chi connectivity index (χ4n) is 3.18. The van der Waals surface area contributed by atoms with Gasteiger partial charge in [-0.3, -0.25) is 4.79 Å². The van der Waals surface area contributed by atoms with Crippen LogP contribution in [0.4, 0.5) is 0 Å². The molecule has 1 aliphatic heterocycles. The molecule has 1 saturated carbocycles. The number of hydrogen-bond acceptors (Lipinski definition) is 4. The Bertz CT molecular complexity index is 322.